The number of aryl methyl sites for hydroxylation is 3. The van der Waals surface area contributed by atoms with Gasteiger partial charge in [-0.1, -0.05) is 42.5 Å². The highest BCUT2D eigenvalue weighted by Crippen LogP contribution is 2.30. The molecule has 0 saturated heterocycles. The molecule has 2 aromatic rings. The van der Waals surface area contributed by atoms with Gasteiger partial charge in [0.15, 0.2) is 0 Å². The lowest BCUT2D eigenvalue weighted by molar-refractivity contribution is -0.139. The van der Waals surface area contributed by atoms with E-state index in [4.69, 9.17) is 4.74 Å². The van der Waals surface area contributed by atoms with Crippen LogP contribution in [0.1, 0.15) is 61.6 Å². The number of anilines is 1. The summed E-state index contributed by atoms with van der Waals surface area (Å²) in [6.45, 7) is 18.5. The monoisotopic (exact) mass is 493 g/mol. The third-order valence-corrected chi connectivity index (χ3v) is 5.94. The molecule has 0 saturated carbocycles. The van der Waals surface area contributed by atoms with E-state index in [9.17, 15) is 14.4 Å². The van der Waals surface area contributed by atoms with E-state index in [1.807, 2.05) is 64.1 Å². The van der Waals surface area contributed by atoms with E-state index in [2.05, 4.69) is 17.2 Å². The summed E-state index contributed by atoms with van der Waals surface area (Å²) in [6, 6.07) is 9.59. The highest BCUT2D eigenvalue weighted by Gasteiger charge is 2.35. The lowest BCUT2D eigenvalue weighted by atomic mass is 9.94. The first-order valence-corrected chi connectivity index (χ1v) is 12.1. The molecular formula is C29H39N3O4. The molecule has 194 valence electrons. The van der Waals surface area contributed by atoms with Crippen LogP contribution in [-0.4, -0.2) is 41.0 Å². The summed E-state index contributed by atoms with van der Waals surface area (Å²) < 4.78 is 5.31. The van der Waals surface area contributed by atoms with Crippen molar-refractivity contribution in [3.05, 3.63) is 76.9 Å². The maximum atomic E-state index is 13.9. The van der Waals surface area contributed by atoms with Crippen molar-refractivity contribution in [2.24, 2.45) is 0 Å². The van der Waals surface area contributed by atoms with Crippen LogP contribution < -0.4 is 10.6 Å². The summed E-state index contributed by atoms with van der Waals surface area (Å²) in [6.07, 6.45) is 0.868. The first-order chi connectivity index (χ1) is 16.8. The third-order valence-electron chi connectivity index (χ3n) is 5.94. The van der Waals surface area contributed by atoms with Gasteiger partial charge in [-0.15, -0.1) is 6.58 Å². The van der Waals surface area contributed by atoms with E-state index in [-0.39, 0.29) is 12.5 Å². The molecule has 7 nitrogen and oxygen atoms in total. The van der Waals surface area contributed by atoms with Gasteiger partial charge in [0.2, 0.25) is 5.91 Å². The number of nitrogens with one attached hydrogen (secondary N) is 2. The number of carbonyl (C=O) groups is 3. The zero-order valence-corrected chi connectivity index (χ0v) is 22.7. The minimum atomic E-state index is -0.947. The van der Waals surface area contributed by atoms with Crippen LogP contribution in [-0.2, 0) is 14.3 Å². The second-order valence-corrected chi connectivity index (χ2v) is 10.1. The number of hydrogen-bond acceptors (Lipinski definition) is 4. The first kappa shape index (κ1) is 28.6. The van der Waals surface area contributed by atoms with Crippen molar-refractivity contribution in [3.8, 4) is 0 Å². The van der Waals surface area contributed by atoms with Gasteiger partial charge in [-0.2, -0.15) is 0 Å². The number of rotatable bonds is 8. The Morgan fingerprint density at radius 3 is 2.11 bits per heavy atom. The van der Waals surface area contributed by atoms with Crippen LogP contribution in [0.25, 0.3) is 0 Å². The van der Waals surface area contributed by atoms with Crippen LogP contribution in [0.3, 0.4) is 0 Å². The number of benzene rings is 2. The van der Waals surface area contributed by atoms with Crippen molar-refractivity contribution in [1.29, 1.82) is 0 Å². The van der Waals surface area contributed by atoms with Gasteiger partial charge in [-0.05, 0) is 83.2 Å². The standard InChI is InChI=1S/C29H39N3O4/c1-10-17-32(27(34)22(6)30-28(35)36-29(7,8)9)25(23-16-12-13-18(2)21(23)5)26(33)31-24-19(3)14-11-15-20(24)4/h10-16,22,25H,1,17H2,2-9H3,(H,30,35)(H,31,33). The fourth-order valence-electron chi connectivity index (χ4n) is 3.98. The van der Waals surface area contributed by atoms with Crippen LogP contribution in [0.5, 0.6) is 0 Å². The van der Waals surface area contributed by atoms with Gasteiger partial charge in [0.1, 0.15) is 17.7 Å². The van der Waals surface area contributed by atoms with Gasteiger partial charge in [0.25, 0.3) is 5.91 Å². The molecule has 0 aliphatic heterocycles. The zero-order valence-electron chi connectivity index (χ0n) is 22.7. The molecule has 0 aliphatic rings. The van der Waals surface area contributed by atoms with Gasteiger partial charge in [0.05, 0.1) is 0 Å². The maximum absolute atomic E-state index is 13.9. The van der Waals surface area contributed by atoms with Crippen molar-refractivity contribution < 1.29 is 19.1 Å². The number of ether oxygens (including phenoxy) is 1. The van der Waals surface area contributed by atoms with Gasteiger partial charge in [-0.3, -0.25) is 9.59 Å². The predicted octanol–water partition coefficient (Wildman–Crippen LogP) is 5.53. The normalized spacial score (nSPS) is 12.8. The van der Waals surface area contributed by atoms with Crippen LogP contribution in [0.15, 0.2) is 49.1 Å². The highest BCUT2D eigenvalue weighted by molar-refractivity contribution is 6.00. The minimum absolute atomic E-state index is 0.109. The quantitative estimate of drug-likeness (QED) is 0.474. The van der Waals surface area contributed by atoms with E-state index >= 15 is 0 Å². The molecule has 0 spiro atoms. The van der Waals surface area contributed by atoms with Crippen molar-refractivity contribution in [2.45, 2.75) is 73.1 Å². The van der Waals surface area contributed by atoms with E-state index in [1.54, 1.807) is 33.8 Å². The lowest BCUT2D eigenvalue weighted by Gasteiger charge is -2.34. The number of nitrogens with zero attached hydrogens (tertiary/aromatic N) is 1. The Balaban J connectivity index is 2.51. The van der Waals surface area contributed by atoms with Gasteiger partial charge < -0.3 is 20.3 Å². The SMILES string of the molecule is C=CCN(C(=O)C(C)NC(=O)OC(C)(C)C)C(C(=O)Nc1c(C)cccc1C)c1cccc(C)c1C. The smallest absolute Gasteiger partial charge is 0.408 e. The minimum Gasteiger partial charge on any atom is -0.444 e. The largest absolute Gasteiger partial charge is 0.444 e. The Hall–Kier alpha value is -3.61. The summed E-state index contributed by atoms with van der Waals surface area (Å²) in [5, 5.41) is 5.65. The van der Waals surface area contributed by atoms with Gasteiger partial charge >= 0.3 is 6.09 Å². The summed E-state index contributed by atoms with van der Waals surface area (Å²) >= 11 is 0. The second-order valence-electron chi connectivity index (χ2n) is 10.1. The molecular weight excluding hydrogens is 454 g/mol. The molecule has 2 rings (SSSR count). The molecule has 0 aliphatic carbocycles. The Labute approximate surface area is 214 Å². The predicted molar refractivity (Wildman–Crippen MR) is 144 cm³/mol. The summed E-state index contributed by atoms with van der Waals surface area (Å²) in [5.74, 6) is -0.774. The molecule has 0 heterocycles. The van der Waals surface area contributed by atoms with Crippen LogP contribution in [0, 0.1) is 27.7 Å². The number of amides is 3. The lowest BCUT2D eigenvalue weighted by Crippen LogP contribution is -2.51. The molecule has 0 bridgehead atoms. The fraction of sp³-hybridized carbons (Fsp3) is 0.414. The highest BCUT2D eigenvalue weighted by atomic mass is 16.6. The number of hydrogen-bond donors (Lipinski definition) is 2. The molecule has 36 heavy (non-hydrogen) atoms. The fourth-order valence-corrected chi connectivity index (χ4v) is 3.98. The van der Waals surface area contributed by atoms with Gasteiger partial charge in [-0.25, -0.2) is 4.79 Å². The Bertz CT molecular complexity index is 1110. The summed E-state index contributed by atoms with van der Waals surface area (Å²) in [7, 11) is 0. The molecule has 7 heteroatoms. The van der Waals surface area contributed by atoms with Crippen molar-refractivity contribution in [3.63, 3.8) is 0 Å². The zero-order chi connectivity index (χ0) is 27.2. The number of carbonyl (C=O) groups excluding carboxylic acids is 3. The van der Waals surface area contributed by atoms with Crippen molar-refractivity contribution in [2.75, 3.05) is 11.9 Å². The van der Waals surface area contributed by atoms with Crippen molar-refractivity contribution in [1.82, 2.24) is 10.2 Å². The van der Waals surface area contributed by atoms with Gasteiger partial charge in [0, 0.05) is 12.2 Å². The average Bonchev–Trinajstić information content (AvgIpc) is 2.77. The Morgan fingerprint density at radius 1 is 1.00 bits per heavy atom. The molecule has 2 aromatic carbocycles. The molecule has 3 amide bonds. The first-order valence-electron chi connectivity index (χ1n) is 12.1. The Kier molecular flexibility index (Phi) is 9.45. The van der Waals surface area contributed by atoms with E-state index in [0.29, 0.717) is 11.3 Å². The molecule has 2 atom stereocenters. The summed E-state index contributed by atoms with van der Waals surface area (Å²) in [5.41, 5.74) is 4.47. The van der Waals surface area contributed by atoms with Crippen LogP contribution in [0.4, 0.5) is 10.5 Å². The second kappa shape index (κ2) is 11.9. The molecule has 0 aromatic heterocycles. The summed E-state index contributed by atoms with van der Waals surface area (Å²) in [4.78, 5) is 41.3. The molecule has 0 fully saturated rings. The molecule has 2 N–H and O–H groups in total. The number of alkyl carbamates (subject to hydrolysis) is 1. The van der Waals surface area contributed by atoms with Crippen molar-refractivity contribution >= 4 is 23.6 Å². The topological polar surface area (TPSA) is 87.7 Å². The van der Waals surface area contributed by atoms with Crippen LogP contribution in [0.2, 0.25) is 0 Å². The van der Waals surface area contributed by atoms with E-state index in [0.717, 1.165) is 22.3 Å². The third kappa shape index (κ3) is 7.20. The Morgan fingerprint density at radius 2 is 1.56 bits per heavy atom. The van der Waals surface area contributed by atoms with Crippen LogP contribution >= 0.6 is 0 Å². The maximum Gasteiger partial charge on any atom is 0.408 e. The molecule has 0 radical (unpaired) electrons. The van der Waals surface area contributed by atoms with E-state index in [1.165, 1.54) is 4.90 Å². The van der Waals surface area contributed by atoms with E-state index < -0.39 is 29.7 Å². The molecule has 2 unspecified atom stereocenters. The number of para-hydroxylation sites is 1. The average molecular weight is 494 g/mol.